The van der Waals surface area contributed by atoms with Crippen LogP contribution in [-0.2, 0) is 42.1 Å². The molecule has 9 heteroatoms. The zero-order valence-electron chi connectivity index (χ0n) is 20.7. The Morgan fingerprint density at radius 3 is 1.97 bits per heavy atom. The quantitative estimate of drug-likeness (QED) is 0.469. The average Bonchev–Trinajstić information content (AvgIpc) is 3.62. The van der Waals surface area contributed by atoms with E-state index in [2.05, 4.69) is 16.1 Å². The van der Waals surface area contributed by atoms with Gasteiger partial charge in [-0.1, -0.05) is 30.3 Å². The van der Waals surface area contributed by atoms with Crippen LogP contribution in [0.3, 0.4) is 0 Å². The summed E-state index contributed by atoms with van der Waals surface area (Å²) in [6.45, 7) is 0.185. The maximum atomic E-state index is 12.9. The summed E-state index contributed by atoms with van der Waals surface area (Å²) in [4.78, 5) is 39.1. The molecule has 1 aliphatic heterocycles. The molecular formula is C29H27N3O5S. The van der Waals surface area contributed by atoms with Gasteiger partial charge in [0.15, 0.2) is 0 Å². The molecule has 0 saturated carbocycles. The van der Waals surface area contributed by atoms with Crippen LogP contribution in [0.15, 0.2) is 59.5 Å². The minimum absolute atomic E-state index is 0.0411. The molecule has 1 heterocycles. The second-order valence-electron chi connectivity index (χ2n) is 10.00. The van der Waals surface area contributed by atoms with Crippen LogP contribution >= 0.6 is 0 Å². The normalized spacial score (nSPS) is 15.8. The van der Waals surface area contributed by atoms with Gasteiger partial charge in [-0.05, 0) is 97.0 Å². The summed E-state index contributed by atoms with van der Waals surface area (Å²) in [6, 6.07) is 14.3. The summed E-state index contributed by atoms with van der Waals surface area (Å²) in [7, 11) is -4.09. The van der Waals surface area contributed by atoms with Crippen LogP contribution in [0.2, 0.25) is 0 Å². The molecule has 38 heavy (non-hydrogen) atoms. The fraction of sp³-hybridized carbons (Fsp3) is 0.276. The maximum absolute atomic E-state index is 12.9. The van der Waals surface area contributed by atoms with E-state index in [1.54, 1.807) is 36.4 Å². The number of rotatable bonds is 6. The Hall–Kier alpha value is -3.98. The van der Waals surface area contributed by atoms with Gasteiger partial charge in [-0.25, -0.2) is 17.9 Å². The number of urea groups is 1. The Kier molecular flexibility index (Phi) is 6.03. The van der Waals surface area contributed by atoms with Crippen molar-refractivity contribution in [2.45, 2.75) is 49.8 Å². The lowest BCUT2D eigenvalue weighted by Crippen LogP contribution is -2.35. The molecule has 194 valence electrons. The third-order valence-corrected chi connectivity index (χ3v) is 9.02. The van der Waals surface area contributed by atoms with E-state index >= 15 is 0 Å². The van der Waals surface area contributed by atoms with E-state index in [1.165, 1.54) is 28.2 Å². The first kappa shape index (κ1) is 24.4. The monoisotopic (exact) mass is 529 g/mol. The van der Waals surface area contributed by atoms with Gasteiger partial charge in [0.05, 0.1) is 16.0 Å². The van der Waals surface area contributed by atoms with Crippen molar-refractivity contribution in [1.29, 1.82) is 0 Å². The van der Waals surface area contributed by atoms with Gasteiger partial charge in [0.2, 0.25) is 0 Å². The third-order valence-electron chi connectivity index (χ3n) is 7.67. The second kappa shape index (κ2) is 9.40. The minimum atomic E-state index is -4.09. The van der Waals surface area contributed by atoms with Crippen molar-refractivity contribution in [2.24, 2.45) is 0 Å². The van der Waals surface area contributed by atoms with Crippen LogP contribution in [-0.4, -0.2) is 37.7 Å². The Balaban J connectivity index is 1.11. The number of aryl methyl sites for hydroxylation is 2. The number of anilines is 1. The summed E-state index contributed by atoms with van der Waals surface area (Å²) in [5.74, 6) is -0.649. The van der Waals surface area contributed by atoms with Gasteiger partial charge >= 0.3 is 6.03 Å². The molecule has 0 fully saturated rings. The van der Waals surface area contributed by atoms with Crippen molar-refractivity contribution in [3.63, 3.8) is 0 Å². The number of nitrogens with zero attached hydrogens (tertiary/aromatic N) is 1. The van der Waals surface area contributed by atoms with Crippen molar-refractivity contribution < 1.29 is 22.8 Å². The standard InChI is InChI=1S/C29H27N3O5S/c33-27-24-7-1-2-8-25(24)28(34)32(27)16-15-18-11-13-21(14-12-18)38(36,37)31-29(35)30-26-22-9-3-5-19(22)17-20-6-4-10-23(20)26/h1-2,7-8,11-14,17H,3-6,9-10,15-16H2,(H2,30,31,35). The molecule has 4 amide bonds. The second-order valence-corrected chi connectivity index (χ2v) is 11.7. The molecule has 0 atom stereocenters. The number of sulfonamides is 1. The lowest BCUT2D eigenvalue weighted by Gasteiger charge is -2.17. The highest BCUT2D eigenvalue weighted by molar-refractivity contribution is 7.90. The number of carbonyl (C=O) groups excluding carboxylic acids is 3. The first-order valence-corrected chi connectivity index (χ1v) is 14.3. The van der Waals surface area contributed by atoms with Crippen LogP contribution in [0.5, 0.6) is 0 Å². The SMILES string of the molecule is O=C(Nc1c2c(cc3c1CCC3)CCC2)NS(=O)(=O)c1ccc(CCN2C(=O)c3ccccc3C2=O)cc1. The molecule has 0 saturated heterocycles. The van der Waals surface area contributed by atoms with Crippen molar-refractivity contribution in [3.05, 3.63) is 93.5 Å². The van der Waals surface area contributed by atoms with E-state index in [9.17, 15) is 22.8 Å². The lowest BCUT2D eigenvalue weighted by molar-refractivity contribution is 0.0656. The molecular weight excluding hydrogens is 502 g/mol. The van der Waals surface area contributed by atoms with Crippen molar-refractivity contribution >= 4 is 33.6 Å². The zero-order chi connectivity index (χ0) is 26.4. The van der Waals surface area contributed by atoms with Gasteiger partial charge in [0, 0.05) is 12.2 Å². The predicted octanol–water partition coefficient (Wildman–Crippen LogP) is 4.01. The highest BCUT2D eigenvalue weighted by atomic mass is 32.2. The van der Waals surface area contributed by atoms with Gasteiger partial charge in [0.1, 0.15) is 0 Å². The Morgan fingerprint density at radius 2 is 1.39 bits per heavy atom. The maximum Gasteiger partial charge on any atom is 0.333 e. The van der Waals surface area contributed by atoms with Crippen molar-refractivity contribution in [1.82, 2.24) is 9.62 Å². The minimum Gasteiger partial charge on any atom is -0.307 e. The van der Waals surface area contributed by atoms with E-state index in [1.807, 2.05) is 0 Å². The van der Waals surface area contributed by atoms with Crippen LogP contribution < -0.4 is 10.0 Å². The number of benzene rings is 3. The van der Waals surface area contributed by atoms with Gasteiger partial charge in [-0.3, -0.25) is 14.5 Å². The van der Waals surface area contributed by atoms with Crippen molar-refractivity contribution in [3.8, 4) is 0 Å². The fourth-order valence-electron chi connectivity index (χ4n) is 5.81. The largest absolute Gasteiger partial charge is 0.333 e. The molecule has 0 bridgehead atoms. The van der Waals surface area contributed by atoms with Crippen LogP contribution in [0, 0.1) is 0 Å². The number of hydrogen-bond acceptors (Lipinski definition) is 5. The van der Waals surface area contributed by atoms with Gasteiger partial charge in [-0.15, -0.1) is 0 Å². The number of nitrogens with one attached hydrogen (secondary N) is 2. The summed E-state index contributed by atoms with van der Waals surface area (Å²) in [6.07, 6.45) is 6.18. The molecule has 0 radical (unpaired) electrons. The lowest BCUT2D eigenvalue weighted by atomic mass is 9.99. The molecule has 0 unspecified atom stereocenters. The molecule has 8 nitrogen and oxygen atoms in total. The van der Waals surface area contributed by atoms with Gasteiger partial charge in [0.25, 0.3) is 21.8 Å². The third kappa shape index (κ3) is 4.26. The van der Waals surface area contributed by atoms with E-state index in [4.69, 9.17) is 0 Å². The summed E-state index contributed by atoms with van der Waals surface area (Å²) >= 11 is 0. The van der Waals surface area contributed by atoms with Crippen molar-refractivity contribution in [2.75, 3.05) is 11.9 Å². The molecule has 3 aliphatic rings. The highest BCUT2D eigenvalue weighted by Gasteiger charge is 2.34. The highest BCUT2D eigenvalue weighted by Crippen LogP contribution is 2.38. The number of fused-ring (bicyclic) bond motifs is 3. The molecule has 2 N–H and O–H groups in total. The number of carbonyl (C=O) groups is 3. The summed E-state index contributed by atoms with van der Waals surface area (Å²) in [5, 5.41) is 2.85. The van der Waals surface area contributed by atoms with Gasteiger partial charge in [-0.2, -0.15) is 0 Å². The van der Waals surface area contributed by atoms with Crippen LogP contribution in [0.4, 0.5) is 10.5 Å². The predicted molar refractivity (Wildman–Crippen MR) is 142 cm³/mol. The summed E-state index contributed by atoms with van der Waals surface area (Å²) in [5.41, 5.74) is 7.09. The average molecular weight is 530 g/mol. The topological polar surface area (TPSA) is 113 Å². The smallest absolute Gasteiger partial charge is 0.307 e. The molecule has 2 aliphatic carbocycles. The number of hydrogen-bond donors (Lipinski definition) is 2. The van der Waals surface area contributed by atoms with E-state index < -0.39 is 16.1 Å². The fourth-order valence-corrected chi connectivity index (χ4v) is 6.71. The van der Waals surface area contributed by atoms with E-state index in [0.717, 1.165) is 60.9 Å². The molecule has 3 aromatic rings. The zero-order valence-corrected chi connectivity index (χ0v) is 21.6. The van der Waals surface area contributed by atoms with E-state index in [0.29, 0.717) is 17.5 Å². The molecule has 3 aromatic carbocycles. The molecule has 6 rings (SSSR count). The van der Waals surface area contributed by atoms with Crippen LogP contribution in [0.25, 0.3) is 0 Å². The molecule has 0 spiro atoms. The van der Waals surface area contributed by atoms with Gasteiger partial charge < -0.3 is 5.32 Å². The van der Waals surface area contributed by atoms with Crippen LogP contribution in [0.1, 0.15) is 61.4 Å². The summed E-state index contributed by atoms with van der Waals surface area (Å²) < 4.78 is 28.0. The van der Waals surface area contributed by atoms with E-state index in [-0.39, 0.29) is 23.3 Å². The molecule has 0 aromatic heterocycles. The first-order chi connectivity index (χ1) is 18.3. The number of imide groups is 1. The first-order valence-electron chi connectivity index (χ1n) is 12.9. The Labute approximate surface area is 221 Å². The Morgan fingerprint density at radius 1 is 0.816 bits per heavy atom. The number of amides is 4. The Bertz CT molecular complexity index is 1530.